The predicted octanol–water partition coefficient (Wildman–Crippen LogP) is 1.36. The summed E-state index contributed by atoms with van der Waals surface area (Å²) in [4.78, 5) is 24.5. The van der Waals surface area contributed by atoms with Crippen molar-refractivity contribution < 1.29 is 9.59 Å². The number of carbonyl (C=O) groups excluding carboxylic acids is 2. The summed E-state index contributed by atoms with van der Waals surface area (Å²) in [6.45, 7) is 2.36. The summed E-state index contributed by atoms with van der Waals surface area (Å²) in [5.74, 6) is 2.15. The fourth-order valence-electron chi connectivity index (χ4n) is 3.90. The van der Waals surface area contributed by atoms with Gasteiger partial charge < -0.3 is 4.90 Å². The summed E-state index contributed by atoms with van der Waals surface area (Å²) in [6.07, 6.45) is 5.30. The van der Waals surface area contributed by atoms with E-state index in [2.05, 4.69) is 12.2 Å². The summed E-state index contributed by atoms with van der Waals surface area (Å²) in [5, 5.41) is 2.36. The zero-order valence-corrected chi connectivity index (χ0v) is 9.61. The van der Waals surface area contributed by atoms with Gasteiger partial charge in [-0.05, 0) is 43.9 Å². The SMILES string of the molecule is CC(C1CC2CCC1C2)N1CC(=O)NC1=O. The highest BCUT2D eigenvalue weighted by Crippen LogP contribution is 2.50. The molecule has 3 rings (SSSR count). The van der Waals surface area contributed by atoms with Gasteiger partial charge in [-0.15, -0.1) is 0 Å². The third-order valence-corrected chi connectivity index (χ3v) is 4.73. The topological polar surface area (TPSA) is 49.4 Å². The van der Waals surface area contributed by atoms with Gasteiger partial charge in [-0.2, -0.15) is 0 Å². The van der Waals surface area contributed by atoms with Crippen LogP contribution < -0.4 is 5.32 Å². The van der Waals surface area contributed by atoms with Crippen LogP contribution >= 0.6 is 0 Å². The number of fused-ring (bicyclic) bond motifs is 2. The number of nitrogens with zero attached hydrogens (tertiary/aromatic N) is 1. The molecule has 4 unspecified atom stereocenters. The minimum absolute atomic E-state index is 0.153. The number of amides is 3. The van der Waals surface area contributed by atoms with E-state index in [9.17, 15) is 9.59 Å². The Morgan fingerprint density at radius 2 is 2.12 bits per heavy atom. The van der Waals surface area contributed by atoms with E-state index in [0.717, 1.165) is 11.8 Å². The predicted molar refractivity (Wildman–Crippen MR) is 58.6 cm³/mol. The number of hydrogen-bond acceptors (Lipinski definition) is 2. The third kappa shape index (κ3) is 1.43. The molecule has 0 radical (unpaired) electrons. The molecule has 3 fully saturated rings. The molecule has 16 heavy (non-hydrogen) atoms. The van der Waals surface area contributed by atoms with Gasteiger partial charge in [0.15, 0.2) is 0 Å². The zero-order valence-electron chi connectivity index (χ0n) is 9.61. The van der Waals surface area contributed by atoms with Gasteiger partial charge in [0.2, 0.25) is 5.91 Å². The van der Waals surface area contributed by atoms with E-state index in [1.807, 2.05) is 0 Å². The number of hydrogen-bond donors (Lipinski definition) is 1. The molecule has 0 aromatic heterocycles. The molecule has 2 bridgehead atoms. The largest absolute Gasteiger partial charge is 0.324 e. The molecule has 3 amide bonds. The Morgan fingerprint density at radius 1 is 1.31 bits per heavy atom. The monoisotopic (exact) mass is 222 g/mol. The van der Waals surface area contributed by atoms with Crippen LogP contribution in [0.25, 0.3) is 0 Å². The first-order chi connectivity index (χ1) is 7.65. The summed E-state index contributed by atoms with van der Waals surface area (Å²) < 4.78 is 0. The van der Waals surface area contributed by atoms with Gasteiger partial charge in [0.05, 0.1) is 0 Å². The second-order valence-electron chi connectivity index (χ2n) is 5.56. The highest BCUT2D eigenvalue weighted by atomic mass is 16.2. The van der Waals surface area contributed by atoms with E-state index in [1.165, 1.54) is 25.7 Å². The first-order valence-corrected chi connectivity index (χ1v) is 6.25. The van der Waals surface area contributed by atoms with Gasteiger partial charge in [0.25, 0.3) is 0 Å². The first kappa shape index (κ1) is 10.1. The van der Waals surface area contributed by atoms with E-state index in [0.29, 0.717) is 5.92 Å². The average Bonchev–Trinajstić information content (AvgIpc) is 2.91. The van der Waals surface area contributed by atoms with Crippen LogP contribution in [-0.4, -0.2) is 29.4 Å². The van der Waals surface area contributed by atoms with E-state index >= 15 is 0 Å². The Morgan fingerprint density at radius 3 is 2.62 bits per heavy atom. The van der Waals surface area contributed by atoms with Crippen LogP contribution in [0.2, 0.25) is 0 Å². The Balaban J connectivity index is 1.71. The molecule has 4 heteroatoms. The fraction of sp³-hybridized carbons (Fsp3) is 0.833. The van der Waals surface area contributed by atoms with Crippen molar-refractivity contribution in [3.8, 4) is 0 Å². The second-order valence-corrected chi connectivity index (χ2v) is 5.56. The quantitative estimate of drug-likeness (QED) is 0.717. The van der Waals surface area contributed by atoms with Crippen LogP contribution in [0.1, 0.15) is 32.6 Å². The van der Waals surface area contributed by atoms with E-state index in [-0.39, 0.29) is 24.5 Å². The lowest BCUT2D eigenvalue weighted by Crippen LogP contribution is -2.42. The smallest absolute Gasteiger partial charge is 0.312 e. The maximum Gasteiger partial charge on any atom is 0.324 e. The minimum Gasteiger partial charge on any atom is -0.312 e. The van der Waals surface area contributed by atoms with Crippen LogP contribution in [0.5, 0.6) is 0 Å². The molecule has 0 aromatic rings. The van der Waals surface area contributed by atoms with Crippen molar-refractivity contribution in [3.63, 3.8) is 0 Å². The Bertz CT molecular complexity index is 342. The van der Waals surface area contributed by atoms with Crippen LogP contribution in [-0.2, 0) is 4.79 Å². The maximum absolute atomic E-state index is 11.6. The van der Waals surface area contributed by atoms with Crippen LogP contribution in [0.15, 0.2) is 0 Å². The van der Waals surface area contributed by atoms with Crippen molar-refractivity contribution in [1.29, 1.82) is 0 Å². The van der Waals surface area contributed by atoms with E-state index in [1.54, 1.807) is 4.90 Å². The molecule has 2 aliphatic carbocycles. The third-order valence-electron chi connectivity index (χ3n) is 4.73. The van der Waals surface area contributed by atoms with E-state index < -0.39 is 0 Å². The average molecular weight is 222 g/mol. The van der Waals surface area contributed by atoms with Crippen LogP contribution in [0, 0.1) is 17.8 Å². The standard InChI is InChI=1S/C12H18N2O2/c1-7(14-6-11(15)13-12(14)16)10-5-8-2-3-9(10)4-8/h7-10H,2-6H2,1H3,(H,13,15,16). The van der Waals surface area contributed by atoms with Crippen molar-refractivity contribution in [2.45, 2.75) is 38.6 Å². The minimum atomic E-state index is -0.194. The summed E-state index contributed by atoms with van der Waals surface area (Å²) in [6, 6.07) is 0.0297. The molecule has 4 atom stereocenters. The molecule has 1 saturated heterocycles. The lowest BCUT2D eigenvalue weighted by molar-refractivity contribution is -0.118. The lowest BCUT2D eigenvalue weighted by atomic mass is 9.83. The van der Waals surface area contributed by atoms with Crippen molar-refractivity contribution in [2.24, 2.45) is 17.8 Å². The highest BCUT2D eigenvalue weighted by molar-refractivity contribution is 6.02. The molecule has 0 spiro atoms. The fourth-order valence-corrected chi connectivity index (χ4v) is 3.90. The van der Waals surface area contributed by atoms with Crippen molar-refractivity contribution >= 4 is 11.9 Å². The van der Waals surface area contributed by atoms with Gasteiger partial charge in [0.1, 0.15) is 6.54 Å². The number of rotatable bonds is 2. The normalized spacial score (nSPS) is 39.3. The molecule has 1 heterocycles. The van der Waals surface area contributed by atoms with Crippen molar-refractivity contribution in [1.82, 2.24) is 10.2 Å². The molecule has 3 aliphatic rings. The van der Waals surface area contributed by atoms with Crippen molar-refractivity contribution in [2.75, 3.05) is 6.54 Å². The summed E-state index contributed by atoms with van der Waals surface area (Å²) in [7, 11) is 0. The lowest BCUT2D eigenvalue weighted by Gasteiger charge is -2.33. The van der Waals surface area contributed by atoms with Gasteiger partial charge in [-0.25, -0.2) is 4.79 Å². The zero-order chi connectivity index (χ0) is 11.3. The molecule has 1 N–H and O–H groups in total. The Kier molecular flexibility index (Phi) is 2.19. The molecule has 1 aliphatic heterocycles. The molecular weight excluding hydrogens is 204 g/mol. The molecule has 2 saturated carbocycles. The number of imide groups is 1. The van der Waals surface area contributed by atoms with Gasteiger partial charge in [0, 0.05) is 6.04 Å². The summed E-state index contributed by atoms with van der Waals surface area (Å²) >= 11 is 0. The first-order valence-electron chi connectivity index (χ1n) is 6.25. The van der Waals surface area contributed by atoms with Crippen molar-refractivity contribution in [3.05, 3.63) is 0 Å². The number of nitrogens with one attached hydrogen (secondary N) is 1. The molecular formula is C12H18N2O2. The Labute approximate surface area is 95.4 Å². The molecule has 88 valence electrons. The number of urea groups is 1. The Hall–Kier alpha value is -1.06. The molecule has 4 nitrogen and oxygen atoms in total. The molecule has 0 aromatic carbocycles. The van der Waals surface area contributed by atoms with Crippen LogP contribution in [0.4, 0.5) is 4.79 Å². The van der Waals surface area contributed by atoms with Gasteiger partial charge in [-0.3, -0.25) is 10.1 Å². The maximum atomic E-state index is 11.6. The summed E-state index contributed by atoms with van der Waals surface area (Å²) in [5.41, 5.74) is 0. The van der Waals surface area contributed by atoms with E-state index in [4.69, 9.17) is 0 Å². The highest BCUT2D eigenvalue weighted by Gasteiger charge is 2.45. The number of carbonyl (C=O) groups is 2. The van der Waals surface area contributed by atoms with Crippen LogP contribution in [0.3, 0.4) is 0 Å². The van der Waals surface area contributed by atoms with Gasteiger partial charge in [-0.1, -0.05) is 6.42 Å². The van der Waals surface area contributed by atoms with Gasteiger partial charge >= 0.3 is 6.03 Å². The second kappa shape index (κ2) is 3.47.